The van der Waals surface area contributed by atoms with E-state index in [0.717, 1.165) is 30.4 Å². The van der Waals surface area contributed by atoms with Crippen LogP contribution in [0.25, 0.3) is 0 Å². The maximum absolute atomic E-state index is 13.2. The maximum atomic E-state index is 13.2. The molecule has 1 aliphatic carbocycles. The molecule has 6 nitrogen and oxygen atoms in total. The van der Waals surface area contributed by atoms with E-state index >= 15 is 0 Å². The number of carbonyl (C=O) groups is 2. The predicted molar refractivity (Wildman–Crippen MR) is 103 cm³/mol. The van der Waals surface area contributed by atoms with Gasteiger partial charge in [0.15, 0.2) is 0 Å². The molecule has 4 rings (SSSR count). The number of ether oxygens (including phenoxy) is 1. The fraction of sp³-hybridized carbons (Fsp3) is 0.364. The van der Waals surface area contributed by atoms with Crippen molar-refractivity contribution in [3.05, 3.63) is 65.2 Å². The first-order valence-electron chi connectivity index (χ1n) is 9.58. The number of nitrogens with one attached hydrogen (secondary N) is 1. The highest BCUT2D eigenvalue weighted by Gasteiger charge is 2.43. The van der Waals surface area contributed by atoms with Crippen LogP contribution in [-0.4, -0.2) is 28.5 Å². The van der Waals surface area contributed by atoms with Crippen LogP contribution in [0.4, 0.5) is 0 Å². The highest BCUT2D eigenvalue weighted by atomic mass is 16.5. The van der Waals surface area contributed by atoms with Crippen molar-refractivity contribution in [2.75, 3.05) is 6.54 Å². The zero-order valence-electron chi connectivity index (χ0n) is 15.9. The van der Waals surface area contributed by atoms with Crippen LogP contribution in [-0.2, 0) is 11.3 Å². The third-order valence-electron chi connectivity index (χ3n) is 5.88. The summed E-state index contributed by atoms with van der Waals surface area (Å²) in [7, 11) is 0. The maximum Gasteiger partial charge on any atom is 0.274 e. The van der Waals surface area contributed by atoms with Gasteiger partial charge in [0.05, 0.1) is 6.54 Å². The third-order valence-corrected chi connectivity index (χ3v) is 5.88. The molecule has 0 saturated heterocycles. The van der Waals surface area contributed by atoms with E-state index in [9.17, 15) is 9.59 Å². The average molecular weight is 380 g/mol. The van der Waals surface area contributed by atoms with Gasteiger partial charge in [-0.3, -0.25) is 14.8 Å². The van der Waals surface area contributed by atoms with E-state index in [0.29, 0.717) is 24.4 Å². The number of hydrogen-bond donors (Lipinski definition) is 2. The molecule has 0 spiro atoms. The lowest BCUT2D eigenvalue weighted by atomic mass is 9.69. The predicted octanol–water partition coefficient (Wildman–Crippen LogP) is 3.46. The van der Waals surface area contributed by atoms with E-state index in [4.69, 9.17) is 9.94 Å². The summed E-state index contributed by atoms with van der Waals surface area (Å²) in [5.74, 6) is 0.124. The lowest BCUT2D eigenvalue weighted by Gasteiger charge is -2.41. The second-order valence-corrected chi connectivity index (χ2v) is 7.88. The zero-order valence-corrected chi connectivity index (χ0v) is 15.9. The van der Waals surface area contributed by atoms with Gasteiger partial charge in [0.2, 0.25) is 5.91 Å². The lowest BCUT2D eigenvalue weighted by Crippen LogP contribution is -2.46. The molecular weight excluding hydrogens is 356 g/mol. The summed E-state index contributed by atoms with van der Waals surface area (Å²) >= 11 is 0. The number of rotatable bonds is 3. The molecule has 1 saturated carbocycles. The molecule has 2 aromatic rings. The largest absolute Gasteiger partial charge is 0.483 e. The van der Waals surface area contributed by atoms with E-state index in [1.54, 1.807) is 23.7 Å². The number of hydrogen-bond acceptors (Lipinski definition) is 4. The molecule has 0 radical (unpaired) electrons. The van der Waals surface area contributed by atoms with Gasteiger partial charge in [-0.1, -0.05) is 49.7 Å². The van der Waals surface area contributed by atoms with Gasteiger partial charge in [-0.25, -0.2) is 5.48 Å². The SMILES string of the molecule is CC1(C(=O)N2Cc3ccc(C(=O)NO)cc3O[C@@H](c3ccccc3)C2)CCC1. The Kier molecular flexibility index (Phi) is 4.81. The number of fused-ring (bicyclic) bond motifs is 1. The Morgan fingerprint density at radius 2 is 1.93 bits per heavy atom. The molecule has 0 unspecified atom stereocenters. The molecule has 2 N–H and O–H groups in total. The Hall–Kier alpha value is -2.86. The Labute approximate surface area is 164 Å². The Morgan fingerprint density at radius 3 is 2.57 bits per heavy atom. The minimum atomic E-state index is -0.596. The van der Waals surface area contributed by atoms with Crippen molar-refractivity contribution in [3.63, 3.8) is 0 Å². The Morgan fingerprint density at radius 1 is 1.18 bits per heavy atom. The third kappa shape index (κ3) is 3.36. The topological polar surface area (TPSA) is 78.9 Å². The highest BCUT2D eigenvalue weighted by Crippen LogP contribution is 2.43. The molecular formula is C22H24N2O4. The summed E-state index contributed by atoms with van der Waals surface area (Å²) in [5.41, 5.74) is 3.49. The number of hydroxylamine groups is 1. The van der Waals surface area contributed by atoms with Crippen molar-refractivity contribution in [2.24, 2.45) is 5.41 Å². The number of amides is 2. The average Bonchev–Trinajstić information content (AvgIpc) is 2.90. The summed E-state index contributed by atoms with van der Waals surface area (Å²) in [4.78, 5) is 26.9. The van der Waals surface area contributed by atoms with Crippen LogP contribution in [0.5, 0.6) is 5.75 Å². The summed E-state index contributed by atoms with van der Waals surface area (Å²) in [5, 5.41) is 8.92. The van der Waals surface area contributed by atoms with Crippen LogP contribution in [0.2, 0.25) is 0 Å². The van der Waals surface area contributed by atoms with Gasteiger partial charge in [0.25, 0.3) is 5.91 Å². The standard InChI is InChI=1S/C22H24N2O4/c1-22(10-5-11-22)21(26)24-13-17-9-8-16(20(25)23-27)12-18(17)28-19(14-24)15-6-3-2-4-7-15/h2-4,6-9,12,19,27H,5,10-11,13-14H2,1H3,(H,23,25)/t19-/m1/s1. The Balaban J connectivity index is 1.71. The molecule has 2 aromatic carbocycles. The highest BCUT2D eigenvalue weighted by molar-refractivity contribution is 5.94. The molecule has 2 aliphatic rings. The summed E-state index contributed by atoms with van der Waals surface area (Å²) in [6.45, 7) is 2.93. The fourth-order valence-corrected chi connectivity index (χ4v) is 3.96. The van der Waals surface area contributed by atoms with Crippen molar-refractivity contribution >= 4 is 11.8 Å². The second-order valence-electron chi connectivity index (χ2n) is 7.88. The molecule has 0 aromatic heterocycles. The van der Waals surface area contributed by atoms with Gasteiger partial charge in [0.1, 0.15) is 11.9 Å². The van der Waals surface area contributed by atoms with Crippen LogP contribution < -0.4 is 10.2 Å². The molecule has 1 heterocycles. The van der Waals surface area contributed by atoms with Gasteiger partial charge in [-0.15, -0.1) is 0 Å². The van der Waals surface area contributed by atoms with Crippen LogP contribution in [0.3, 0.4) is 0 Å². The lowest BCUT2D eigenvalue weighted by molar-refractivity contribution is -0.147. The summed E-state index contributed by atoms with van der Waals surface area (Å²) < 4.78 is 6.27. The Bertz CT molecular complexity index is 893. The van der Waals surface area contributed by atoms with Gasteiger partial charge in [-0.05, 0) is 30.5 Å². The van der Waals surface area contributed by atoms with E-state index in [1.165, 1.54) is 0 Å². The van der Waals surface area contributed by atoms with Crippen LogP contribution >= 0.6 is 0 Å². The monoisotopic (exact) mass is 380 g/mol. The first-order chi connectivity index (χ1) is 13.5. The van der Waals surface area contributed by atoms with Crippen molar-refractivity contribution < 1.29 is 19.5 Å². The molecule has 1 aliphatic heterocycles. The van der Waals surface area contributed by atoms with Gasteiger partial charge in [0, 0.05) is 23.1 Å². The first kappa shape index (κ1) is 18.5. The van der Waals surface area contributed by atoms with Gasteiger partial charge >= 0.3 is 0 Å². The van der Waals surface area contributed by atoms with E-state index in [2.05, 4.69) is 0 Å². The van der Waals surface area contributed by atoms with Crippen LogP contribution in [0.15, 0.2) is 48.5 Å². The quantitative estimate of drug-likeness (QED) is 0.631. The zero-order chi connectivity index (χ0) is 19.7. The van der Waals surface area contributed by atoms with Crippen molar-refractivity contribution in [1.82, 2.24) is 10.4 Å². The van der Waals surface area contributed by atoms with Crippen molar-refractivity contribution in [2.45, 2.75) is 38.8 Å². The summed E-state index contributed by atoms with van der Waals surface area (Å²) in [6.07, 6.45) is 2.59. The van der Waals surface area contributed by atoms with Crippen LogP contribution in [0.1, 0.15) is 53.8 Å². The minimum absolute atomic E-state index is 0.160. The molecule has 28 heavy (non-hydrogen) atoms. The van der Waals surface area contributed by atoms with Crippen molar-refractivity contribution in [1.29, 1.82) is 0 Å². The normalized spacial score (nSPS) is 20.2. The van der Waals surface area contributed by atoms with E-state index in [1.807, 2.05) is 42.2 Å². The van der Waals surface area contributed by atoms with Crippen molar-refractivity contribution in [3.8, 4) is 5.75 Å². The summed E-state index contributed by atoms with van der Waals surface area (Å²) in [6, 6.07) is 14.8. The van der Waals surface area contributed by atoms with Crippen LogP contribution in [0, 0.1) is 5.41 Å². The molecule has 2 amide bonds. The van der Waals surface area contributed by atoms with Gasteiger partial charge in [-0.2, -0.15) is 0 Å². The smallest absolute Gasteiger partial charge is 0.274 e. The van der Waals surface area contributed by atoms with E-state index < -0.39 is 5.91 Å². The first-order valence-corrected chi connectivity index (χ1v) is 9.58. The minimum Gasteiger partial charge on any atom is -0.483 e. The molecule has 1 fully saturated rings. The second kappa shape index (κ2) is 7.28. The number of benzene rings is 2. The number of nitrogens with zero attached hydrogens (tertiary/aromatic N) is 1. The molecule has 6 heteroatoms. The van der Waals surface area contributed by atoms with Gasteiger partial charge < -0.3 is 9.64 Å². The fourth-order valence-electron chi connectivity index (χ4n) is 3.96. The molecule has 1 atom stereocenters. The van der Waals surface area contributed by atoms with E-state index in [-0.39, 0.29) is 17.4 Å². The molecule has 146 valence electrons. The molecule has 0 bridgehead atoms. The number of carbonyl (C=O) groups excluding carboxylic acids is 2.